The van der Waals surface area contributed by atoms with Crippen molar-refractivity contribution in [3.8, 4) is 0 Å². The van der Waals surface area contributed by atoms with Crippen LogP contribution in [0.3, 0.4) is 0 Å². The van der Waals surface area contributed by atoms with E-state index in [0.717, 1.165) is 12.1 Å². The van der Waals surface area contributed by atoms with Crippen LogP contribution in [0, 0.1) is 13.8 Å². The van der Waals surface area contributed by atoms with Crippen LogP contribution < -0.4 is 5.32 Å². The van der Waals surface area contributed by atoms with Gasteiger partial charge < -0.3 is 5.32 Å². The first-order valence-corrected chi connectivity index (χ1v) is 6.09. The molecule has 1 aromatic carbocycles. The summed E-state index contributed by atoms with van der Waals surface area (Å²) in [5, 5.41) is 2.89. The Morgan fingerprint density at radius 1 is 1.15 bits per heavy atom. The lowest BCUT2D eigenvalue weighted by molar-refractivity contribution is -0.137. The zero-order valence-electron chi connectivity index (χ0n) is 10.7. The van der Waals surface area contributed by atoms with E-state index in [9.17, 15) is 13.2 Å². The van der Waals surface area contributed by atoms with Gasteiger partial charge in [-0.1, -0.05) is 6.07 Å². The van der Waals surface area contributed by atoms with Crippen molar-refractivity contribution in [1.82, 2.24) is 9.97 Å². The molecule has 0 fully saturated rings. The molecule has 0 aliphatic carbocycles. The van der Waals surface area contributed by atoms with Gasteiger partial charge in [0, 0.05) is 17.4 Å². The second kappa shape index (κ2) is 5.28. The number of halogens is 4. The SMILES string of the molecule is Cc1ccc(C(F)(F)F)cc1Nc1nc(Cl)ncc1C. The highest BCUT2D eigenvalue weighted by Gasteiger charge is 2.30. The molecule has 0 spiro atoms. The van der Waals surface area contributed by atoms with E-state index in [1.165, 1.54) is 12.3 Å². The van der Waals surface area contributed by atoms with Crippen LogP contribution >= 0.6 is 11.6 Å². The van der Waals surface area contributed by atoms with E-state index in [1.807, 2.05) is 0 Å². The Morgan fingerprint density at radius 2 is 1.85 bits per heavy atom. The number of anilines is 2. The molecule has 1 heterocycles. The van der Waals surface area contributed by atoms with Crippen molar-refractivity contribution in [2.24, 2.45) is 0 Å². The molecule has 0 unspecified atom stereocenters. The molecule has 106 valence electrons. The van der Waals surface area contributed by atoms with Gasteiger partial charge in [0.05, 0.1) is 5.56 Å². The standard InChI is InChI=1S/C13H11ClF3N3/c1-7-3-4-9(13(15,16)17)5-10(7)19-11-8(2)6-18-12(14)20-11/h3-6H,1-2H3,(H,18,19,20). The number of aryl methyl sites for hydroxylation is 2. The monoisotopic (exact) mass is 301 g/mol. The first-order chi connectivity index (χ1) is 9.27. The molecule has 0 amide bonds. The molecule has 0 saturated carbocycles. The Morgan fingerprint density at radius 3 is 2.50 bits per heavy atom. The Hall–Kier alpha value is -1.82. The Balaban J connectivity index is 2.40. The maximum atomic E-state index is 12.7. The van der Waals surface area contributed by atoms with Gasteiger partial charge in [0.1, 0.15) is 5.82 Å². The van der Waals surface area contributed by atoms with Gasteiger partial charge in [-0.25, -0.2) is 9.97 Å². The van der Waals surface area contributed by atoms with E-state index >= 15 is 0 Å². The highest BCUT2D eigenvalue weighted by atomic mass is 35.5. The fourth-order valence-electron chi connectivity index (χ4n) is 1.61. The zero-order chi connectivity index (χ0) is 14.9. The zero-order valence-corrected chi connectivity index (χ0v) is 11.5. The number of benzene rings is 1. The fourth-order valence-corrected chi connectivity index (χ4v) is 1.74. The van der Waals surface area contributed by atoms with Crippen molar-refractivity contribution in [2.75, 3.05) is 5.32 Å². The third-order valence-corrected chi connectivity index (χ3v) is 2.94. The van der Waals surface area contributed by atoms with Crippen LogP contribution in [0.2, 0.25) is 5.28 Å². The lowest BCUT2D eigenvalue weighted by Gasteiger charge is -2.14. The largest absolute Gasteiger partial charge is 0.416 e. The lowest BCUT2D eigenvalue weighted by Crippen LogP contribution is -2.07. The topological polar surface area (TPSA) is 37.8 Å². The number of rotatable bonds is 2. The first kappa shape index (κ1) is 14.6. The highest BCUT2D eigenvalue weighted by molar-refractivity contribution is 6.28. The highest BCUT2D eigenvalue weighted by Crippen LogP contribution is 2.33. The number of alkyl halides is 3. The maximum Gasteiger partial charge on any atom is 0.416 e. The second-order valence-electron chi connectivity index (χ2n) is 4.32. The van der Waals surface area contributed by atoms with Crippen molar-refractivity contribution < 1.29 is 13.2 Å². The number of hydrogen-bond acceptors (Lipinski definition) is 3. The molecule has 7 heteroatoms. The van der Waals surface area contributed by atoms with Gasteiger partial charge in [0.25, 0.3) is 0 Å². The first-order valence-electron chi connectivity index (χ1n) is 5.71. The quantitative estimate of drug-likeness (QED) is 0.829. The molecule has 0 bridgehead atoms. The van der Waals surface area contributed by atoms with E-state index in [1.54, 1.807) is 13.8 Å². The fraction of sp³-hybridized carbons (Fsp3) is 0.231. The maximum absolute atomic E-state index is 12.7. The van der Waals surface area contributed by atoms with Gasteiger partial charge in [0.15, 0.2) is 0 Å². The van der Waals surface area contributed by atoms with Gasteiger partial charge in [-0.15, -0.1) is 0 Å². The average Bonchev–Trinajstić information content (AvgIpc) is 2.35. The van der Waals surface area contributed by atoms with Crippen LogP contribution in [0.1, 0.15) is 16.7 Å². The second-order valence-corrected chi connectivity index (χ2v) is 4.66. The number of aromatic nitrogens is 2. The van der Waals surface area contributed by atoms with Gasteiger partial charge in [-0.3, -0.25) is 0 Å². The van der Waals surface area contributed by atoms with Crippen LogP contribution in [-0.4, -0.2) is 9.97 Å². The van der Waals surface area contributed by atoms with Crippen molar-refractivity contribution in [3.63, 3.8) is 0 Å². The Bertz CT molecular complexity index is 641. The molecule has 0 atom stereocenters. The molecule has 0 radical (unpaired) electrons. The van der Waals surface area contributed by atoms with E-state index in [-0.39, 0.29) is 5.28 Å². The summed E-state index contributed by atoms with van der Waals surface area (Å²) in [7, 11) is 0. The minimum atomic E-state index is -4.39. The van der Waals surface area contributed by atoms with Crippen LogP contribution in [-0.2, 0) is 6.18 Å². The normalized spacial score (nSPS) is 11.5. The summed E-state index contributed by atoms with van der Waals surface area (Å²) in [6.07, 6.45) is -2.89. The van der Waals surface area contributed by atoms with Crippen LogP contribution in [0.15, 0.2) is 24.4 Å². The molecule has 1 N–H and O–H groups in total. The van der Waals surface area contributed by atoms with Crippen molar-refractivity contribution in [3.05, 3.63) is 46.4 Å². The van der Waals surface area contributed by atoms with Crippen molar-refractivity contribution in [1.29, 1.82) is 0 Å². The summed E-state index contributed by atoms with van der Waals surface area (Å²) < 4.78 is 38.1. The lowest BCUT2D eigenvalue weighted by atomic mass is 10.1. The summed E-state index contributed by atoms with van der Waals surface area (Å²) in [4.78, 5) is 7.76. The predicted molar refractivity (Wildman–Crippen MR) is 71.2 cm³/mol. The summed E-state index contributed by atoms with van der Waals surface area (Å²) in [6, 6.07) is 3.49. The van der Waals surface area contributed by atoms with E-state index in [4.69, 9.17) is 11.6 Å². The number of nitrogens with zero attached hydrogens (tertiary/aromatic N) is 2. The number of hydrogen-bond donors (Lipinski definition) is 1. The molecule has 0 saturated heterocycles. The van der Waals surface area contributed by atoms with Gasteiger partial charge in [-0.2, -0.15) is 13.2 Å². The van der Waals surface area contributed by atoms with Gasteiger partial charge >= 0.3 is 6.18 Å². The smallest absolute Gasteiger partial charge is 0.340 e. The van der Waals surface area contributed by atoms with E-state index in [0.29, 0.717) is 22.6 Å². The summed E-state index contributed by atoms with van der Waals surface area (Å²) in [5.74, 6) is 0.382. The van der Waals surface area contributed by atoms with Crippen LogP contribution in [0.25, 0.3) is 0 Å². The molecular weight excluding hydrogens is 291 g/mol. The summed E-state index contributed by atoms with van der Waals surface area (Å²) in [6.45, 7) is 3.45. The van der Waals surface area contributed by atoms with Crippen molar-refractivity contribution >= 4 is 23.1 Å². The molecule has 0 aliphatic rings. The molecular formula is C13H11ClF3N3. The molecule has 3 nitrogen and oxygen atoms in total. The molecule has 0 aliphatic heterocycles. The van der Waals surface area contributed by atoms with E-state index in [2.05, 4.69) is 15.3 Å². The Kier molecular flexibility index (Phi) is 3.85. The third-order valence-electron chi connectivity index (χ3n) is 2.76. The summed E-state index contributed by atoms with van der Waals surface area (Å²) in [5.41, 5.74) is 0.972. The molecule has 1 aromatic heterocycles. The van der Waals surface area contributed by atoms with Crippen LogP contribution in [0.4, 0.5) is 24.7 Å². The van der Waals surface area contributed by atoms with Crippen molar-refractivity contribution in [2.45, 2.75) is 20.0 Å². The molecule has 20 heavy (non-hydrogen) atoms. The van der Waals surface area contributed by atoms with Gasteiger partial charge in [-0.05, 0) is 43.1 Å². The minimum Gasteiger partial charge on any atom is -0.340 e. The summed E-state index contributed by atoms with van der Waals surface area (Å²) >= 11 is 5.68. The predicted octanol–water partition coefficient (Wildman–Crippen LogP) is 4.51. The minimum absolute atomic E-state index is 0.0303. The molecule has 2 aromatic rings. The number of nitrogens with one attached hydrogen (secondary N) is 1. The third kappa shape index (κ3) is 3.19. The van der Waals surface area contributed by atoms with E-state index < -0.39 is 11.7 Å². The molecule has 2 rings (SSSR count). The average molecular weight is 302 g/mol. The van der Waals surface area contributed by atoms with Gasteiger partial charge in [0.2, 0.25) is 5.28 Å². The Labute approximate surface area is 118 Å². The van der Waals surface area contributed by atoms with Crippen LogP contribution in [0.5, 0.6) is 0 Å².